The van der Waals surface area contributed by atoms with Crippen molar-refractivity contribution in [1.82, 2.24) is 14.9 Å². The predicted octanol–water partition coefficient (Wildman–Crippen LogP) is 3.24. The molecule has 1 heterocycles. The van der Waals surface area contributed by atoms with E-state index in [1.165, 1.54) is 18.2 Å². The molecule has 0 saturated heterocycles. The van der Waals surface area contributed by atoms with Gasteiger partial charge in [-0.05, 0) is 30.7 Å². The second-order valence-corrected chi connectivity index (χ2v) is 5.49. The Kier molecular flexibility index (Phi) is 4.47. The molecule has 3 aromatic rings. The summed E-state index contributed by atoms with van der Waals surface area (Å²) in [5, 5.41) is 11.7. The molecular weight excluding hydrogens is 325 g/mol. The topological polar surface area (TPSA) is 84.2 Å². The number of hydrogen-bond donors (Lipinski definition) is 2. The van der Waals surface area contributed by atoms with Crippen molar-refractivity contribution in [2.45, 2.75) is 19.4 Å². The van der Waals surface area contributed by atoms with Crippen molar-refractivity contribution >= 4 is 17.0 Å². The van der Waals surface area contributed by atoms with Crippen LogP contribution in [0, 0.1) is 5.82 Å². The van der Waals surface area contributed by atoms with E-state index in [4.69, 9.17) is 5.11 Å². The lowest BCUT2D eigenvalue weighted by Gasteiger charge is -2.20. The van der Waals surface area contributed by atoms with E-state index in [0.29, 0.717) is 17.3 Å². The van der Waals surface area contributed by atoms with Gasteiger partial charge in [0, 0.05) is 0 Å². The van der Waals surface area contributed by atoms with Crippen LogP contribution in [0.4, 0.5) is 9.18 Å². The van der Waals surface area contributed by atoms with Gasteiger partial charge >= 0.3 is 6.09 Å². The highest BCUT2D eigenvalue weighted by Gasteiger charge is 2.22. The van der Waals surface area contributed by atoms with Crippen molar-refractivity contribution in [1.29, 1.82) is 0 Å². The van der Waals surface area contributed by atoms with Crippen LogP contribution >= 0.6 is 0 Å². The average molecular weight is 341 g/mol. The maximum atomic E-state index is 14.3. The van der Waals surface area contributed by atoms with Crippen molar-refractivity contribution in [2.24, 2.45) is 0 Å². The quantitative estimate of drug-likeness (QED) is 0.763. The number of aromatic nitrogens is 2. The molecule has 128 valence electrons. The number of amides is 1. The van der Waals surface area contributed by atoms with Gasteiger partial charge in [0.2, 0.25) is 0 Å². The minimum absolute atomic E-state index is 0.0337. The molecule has 1 aromatic heterocycles. The van der Waals surface area contributed by atoms with E-state index in [1.54, 1.807) is 37.3 Å². The second-order valence-electron chi connectivity index (χ2n) is 5.49. The lowest BCUT2D eigenvalue weighted by molar-refractivity contribution is 0.188. The van der Waals surface area contributed by atoms with E-state index in [9.17, 15) is 14.0 Å². The molecule has 7 heteroatoms. The summed E-state index contributed by atoms with van der Waals surface area (Å²) < 4.78 is 15.5. The fraction of sp³-hybridized carbons (Fsp3) is 0.167. The molecule has 2 aromatic carbocycles. The number of carboxylic acid groups (broad SMARTS) is 1. The first kappa shape index (κ1) is 16.6. The van der Waals surface area contributed by atoms with Crippen LogP contribution in [-0.2, 0) is 0 Å². The van der Waals surface area contributed by atoms with Crippen molar-refractivity contribution < 1.29 is 14.3 Å². The fourth-order valence-electron chi connectivity index (χ4n) is 2.75. The maximum absolute atomic E-state index is 14.3. The van der Waals surface area contributed by atoms with Crippen LogP contribution in [0.25, 0.3) is 16.6 Å². The first-order valence-electron chi connectivity index (χ1n) is 7.79. The smallest absolute Gasteiger partial charge is 0.405 e. The number of nitrogens with one attached hydrogen (secondary N) is 1. The molecule has 0 saturated carbocycles. The molecule has 1 amide bonds. The zero-order valence-corrected chi connectivity index (χ0v) is 13.4. The first-order valence-corrected chi connectivity index (χ1v) is 7.79. The van der Waals surface area contributed by atoms with E-state index >= 15 is 0 Å². The van der Waals surface area contributed by atoms with Crippen molar-refractivity contribution in [3.8, 4) is 5.69 Å². The molecule has 0 radical (unpaired) electrons. The molecule has 0 aliphatic heterocycles. The molecule has 6 nitrogen and oxygen atoms in total. The molecule has 0 bridgehead atoms. The number of fused-ring (bicyclic) bond motifs is 1. The normalized spacial score (nSPS) is 12.1. The highest BCUT2D eigenvalue weighted by atomic mass is 19.1. The molecule has 25 heavy (non-hydrogen) atoms. The third kappa shape index (κ3) is 3.08. The fourth-order valence-corrected chi connectivity index (χ4v) is 2.75. The summed E-state index contributed by atoms with van der Waals surface area (Å²) in [5.74, 6) is -0.438. The van der Waals surface area contributed by atoms with Gasteiger partial charge in [-0.15, -0.1) is 0 Å². The Labute approximate surface area is 142 Å². The Bertz CT molecular complexity index is 1000. The van der Waals surface area contributed by atoms with Crippen LogP contribution in [0.15, 0.2) is 53.3 Å². The summed E-state index contributed by atoms with van der Waals surface area (Å²) in [7, 11) is 0. The summed E-state index contributed by atoms with van der Waals surface area (Å²) in [4.78, 5) is 28.5. The highest BCUT2D eigenvalue weighted by Crippen LogP contribution is 2.21. The lowest BCUT2D eigenvalue weighted by Crippen LogP contribution is -2.33. The van der Waals surface area contributed by atoms with Crippen molar-refractivity contribution in [2.75, 3.05) is 0 Å². The summed E-state index contributed by atoms with van der Waals surface area (Å²) in [5.41, 5.74) is 0.0171. The van der Waals surface area contributed by atoms with E-state index in [0.717, 1.165) is 4.57 Å². The average Bonchev–Trinajstić information content (AvgIpc) is 2.60. The van der Waals surface area contributed by atoms with Crippen LogP contribution in [0.3, 0.4) is 0 Å². The number of halogens is 1. The summed E-state index contributed by atoms with van der Waals surface area (Å²) >= 11 is 0. The van der Waals surface area contributed by atoms with E-state index in [2.05, 4.69) is 10.3 Å². The molecule has 3 rings (SSSR count). The number of nitrogens with zero attached hydrogens (tertiary/aromatic N) is 2. The molecule has 1 unspecified atom stereocenters. The van der Waals surface area contributed by atoms with Crippen LogP contribution in [0.1, 0.15) is 25.2 Å². The first-order chi connectivity index (χ1) is 12.0. The number of para-hydroxylation sites is 2. The Morgan fingerprint density at radius 2 is 1.92 bits per heavy atom. The standard InChI is InChI=1S/C18H16FN3O3/c1-2-13(21-18(24)25)16-20-14-9-5-3-7-11(14)17(23)22(16)15-10-6-4-8-12(15)19/h3-10,13,21H,2H2,1H3,(H,24,25). The van der Waals surface area contributed by atoms with Crippen molar-refractivity contribution in [3.05, 3.63) is 70.5 Å². The van der Waals surface area contributed by atoms with Gasteiger partial charge in [-0.1, -0.05) is 31.2 Å². The van der Waals surface area contributed by atoms with Gasteiger partial charge in [-0.2, -0.15) is 0 Å². The third-order valence-corrected chi connectivity index (χ3v) is 3.91. The van der Waals surface area contributed by atoms with E-state index in [1.807, 2.05) is 0 Å². The van der Waals surface area contributed by atoms with Gasteiger partial charge in [0.25, 0.3) is 5.56 Å². The largest absolute Gasteiger partial charge is 0.465 e. The Hall–Kier alpha value is -3.22. The Morgan fingerprint density at radius 3 is 2.60 bits per heavy atom. The van der Waals surface area contributed by atoms with Gasteiger partial charge in [0.15, 0.2) is 0 Å². The molecule has 0 spiro atoms. The van der Waals surface area contributed by atoms with Gasteiger partial charge < -0.3 is 10.4 Å². The SMILES string of the molecule is CCC(NC(=O)O)c1nc2ccccc2c(=O)n1-c1ccccc1F. The van der Waals surface area contributed by atoms with E-state index in [-0.39, 0.29) is 11.5 Å². The van der Waals surface area contributed by atoms with Crippen LogP contribution in [0.2, 0.25) is 0 Å². The van der Waals surface area contributed by atoms with Crippen LogP contribution in [0.5, 0.6) is 0 Å². The lowest BCUT2D eigenvalue weighted by atomic mass is 10.1. The van der Waals surface area contributed by atoms with Gasteiger partial charge in [0.05, 0.1) is 22.6 Å². The number of benzene rings is 2. The minimum atomic E-state index is -1.24. The van der Waals surface area contributed by atoms with Gasteiger partial charge in [-0.25, -0.2) is 14.2 Å². The van der Waals surface area contributed by atoms with Crippen LogP contribution < -0.4 is 10.9 Å². The molecule has 0 aliphatic rings. The molecular formula is C18H16FN3O3. The van der Waals surface area contributed by atoms with E-state index < -0.39 is 23.5 Å². The number of hydrogen-bond acceptors (Lipinski definition) is 3. The Balaban J connectivity index is 2.37. The zero-order valence-electron chi connectivity index (χ0n) is 13.4. The Morgan fingerprint density at radius 1 is 1.24 bits per heavy atom. The highest BCUT2D eigenvalue weighted by molar-refractivity contribution is 5.78. The summed E-state index contributed by atoms with van der Waals surface area (Å²) in [6.07, 6.45) is -0.889. The summed E-state index contributed by atoms with van der Waals surface area (Å²) in [6, 6.07) is 11.8. The molecule has 1 atom stereocenters. The monoisotopic (exact) mass is 341 g/mol. The molecule has 0 aliphatic carbocycles. The number of carbonyl (C=O) groups is 1. The minimum Gasteiger partial charge on any atom is -0.465 e. The van der Waals surface area contributed by atoms with Gasteiger partial charge in [0.1, 0.15) is 11.6 Å². The summed E-state index contributed by atoms with van der Waals surface area (Å²) in [6.45, 7) is 1.76. The van der Waals surface area contributed by atoms with Crippen LogP contribution in [-0.4, -0.2) is 20.8 Å². The molecule has 2 N–H and O–H groups in total. The second kappa shape index (κ2) is 6.72. The zero-order chi connectivity index (χ0) is 18.0. The molecule has 0 fully saturated rings. The van der Waals surface area contributed by atoms with Crippen molar-refractivity contribution in [3.63, 3.8) is 0 Å². The third-order valence-electron chi connectivity index (χ3n) is 3.91. The maximum Gasteiger partial charge on any atom is 0.405 e. The van der Waals surface area contributed by atoms with Gasteiger partial charge in [-0.3, -0.25) is 9.36 Å². The number of rotatable bonds is 4. The predicted molar refractivity (Wildman–Crippen MR) is 91.5 cm³/mol.